The van der Waals surface area contributed by atoms with Crippen LogP contribution in [0, 0.1) is 6.92 Å². The molecule has 8 heteroatoms. The van der Waals surface area contributed by atoms with Crippen LogP contribution in [0.2, 0.25) is 0 Å². The summed E-state index contributed by atoms with van der Waals surface area (Å²) in [7, 11) is 0. The molecule has 4 rings (SSSR count). The number of fused-ring (bicyclic) bond motifs is 1. The fraction of sp³-hybridized carbons (Fsp3) is 0.143. The summed E-state index contributed by atoms with van der Waals surface area (Å²) in [5.74, 6) is -1.01. The van der Waals surface area contributed by atoms with Gasteiger partial charge in [-0.25, -0.2) is 9.78 Å². The van der Waals surface area contributed by atoms with Crippen molar-refractivity contribution in [3.8, 4) is 11.3 Å². The van der Waals surface area contributed by atoms with Gasteiger partial charge >= 0.3 is 5.97 Å². The van der Waals surface area contributed by atoms with Crippen molar-refractivity contribution in [2.45, 2.75) is 19.9 Å². The molecule has 3 aromatic heterocycles. The van der Waals surface area contributed by atoms with E-state index in [1.807, 2.05) is 19.9 Å². The van der Waals surface area contributed by atoms with Crippen LogP contribution in [0.4, 0.5) is 5.69 Å². The van der Waals surface area contributed by atoms with Gasteiger partial charge in [0.05, 0.1) is 23.5 Å². The van der Waals surface area contributed by atoms with Crippen molar-refractivity contribution in [2.75, 3.05) is 5.32 Å². The molecule has 0 aliphatic carbocycles. The molecule has 146 valence electrons. The van der Waals surface area contributed by atoms with E-state index in [0.29, 0.717) is 22.6 Å². The minimum absolute atomic E-state index is 0.181. The summed E-state index contributed by atoms with van der Waals surface area (Å²) in [4.78, 5) is 28.9. The molecule has 0 aliphatic rings. The number of carbonyl (C=O) groups is 1. The van der Waals surface area contributed by atoms with Crippen LogP contribution in [-0.2, 0) is 0 Å². The lowest BCUT2D eigenvalue weighted by atomic mass is 10.1. The molecule has 3 heterocycles. The molecule has 29 heavy (non-hydrogen) atoms. The van der Waals surface area contributed by atoms with E-state index >= 15 is 0 Å². The highest BCUT2D eigenvalue weighted by Crippen LogP contribution is 2.26. The maximum Gasteiger partial charge on any atom is 0.337 e. The standard InChI is InChI=1S/C21H19N5O3/c1-12-7-16(13(2)24-17-6-4-3-5-15(17)21(28)29)20-25-18(14-9-22-23-10-14)8-19(27)26(20)11-12/h3-11,13,24H,1-2H3,(H,22,23)(H,28,29). The maximum absolute atomic E-state index is 12.7. The molecule has 1 atom stereocenters. The van der Waals surface area contributed by atoms with Crippen molar-refractivity contribution in [1.29, 1.82) is 0 Å². The van der Waals surface area contributed by atoms with Crippen molar-refractivity contribution in [3.05, 3.63) is 82.0 Å². The van der Waals surface area contributed by atoms with E-state index < -0.39 is 5.97 Å². The highest BCUT2D eigenvalue weighted by molar-refractivity contribution is 5.94. The second-order valence-electron chi connectivity index (χ2n) is 6.85. The highest BCUT2D eigenvalue weighted by atomic mass is 16.4. The zero-order chi connectivity index (χ0) is 20.5. The van der Waals surface area contributed by atoms with Crippen molar-refractivity contribution in [3.63, 3.8) is 0 Å². The van der Waals surface area contributed by atoms with Gasteiger partial charge in [0.1, 0.15) is 5.65 Å². The van der Waals surface area contributed by atoms with E-state index in [1.54, 1.807) is 42.9 Å². The van der Waals surface area contributed by atoms with E-state index in [4.69, 9.17) is 0 Å². The molecule has 8 nitrogen and oxygen atoms in total. The minimum Gasteiger partial charge on any atom is -0.478 e. The first-order valence-corrected chi connectivity index (χ1v) is 9.06. The monoisotopic (exact) mass is 389 g/mol. The van der Waals surface area contributed by atoms with Crippen LogP contribution in [0.15, 0.2) is 59.8 Å². The number of pyridine rings is 1. The van der Waals surface area contributed by atoms with Crippen LogP contribution in [0.5, 0.6) is 0 Å². The number of anilines is 1. The van der Waals surface area contributed by atoms with Gasteiger partial charge in [-0.2, -0.15) is 5.10 Å². The Labute approximate surface area is 165 Å². The van der Waals surface area contributed by atoms with Crippen LogP contribution < -0.4 is 10.9 Å². The summed E-state index contributed by atoms with van der Waals surface area (Å²) in [5.41, 5.74) is 3.91. The predicted molar refractivity (Wildman–Crippen MR) is 109 cm³/mol. The molecule has 0 spiro atoms. The number of carboxylic acid groups (broad SMARTS) is 1. The molecule has 0 saturated heterocycles. The zero-order valence-electron chi connectivity index (χ0n) is 15.9. The van der Waals surface area contributed by atoms with Crippen LogP contribution in [0.25, 0.3) is 16.9 Å². The third kappa shape index (κ3) is 3.47. The SMILES string of the molecule is Cc1cc(C(C)Nc2ccccc2C(=O)O)c2nc(-c3cn[nH]c3)cc(=O)n2c1. The number of hydrogen-bond donors (Lipinski definition) is 3. The Kier molecular flexibility index (Phi) is 4.59. The highest BCUT2D eigenvalue weighted by Gasteiger charge is 2.17. The van der Waals surface area contributed by atoms with E-state index in [9.17, 15) is 14.7 Å². The number of aromatic amines is 1. The smallest absolute Gasteiger partial charge is 0.337 e. The Bertz CT molecular complexity index is 1260. The summed E-state index contributed by atoms with van der Waals surface area (Å²) >= 11 is 0. The minimum atomic E-state index is -1.01. The molecule has 1 unspecified atom stereocenters. The molecule has 4 aromatic rings. The second-order valence-corrected chi connectivity index (χ2v) is 6.85. The quantitative estimate of drug-likeness (QED) is 0.483. The molecule has 0 aliphatic heterocycles. The topological polar surface area (TPSA) is 112 Å². The van der Waals surface area contributed by atoms with Crippen LogP contribution in [0.3, 0.4) is 0 Å². The third-order valence-corrected chi connectivity index (χ3v) is 4.72. The fourth-order valence-corrected chi connectivity index (χ4v) is 3.33. The molecule has 0 radical (unpaired) electrons. The zero-order valence-corrected chi connectivity index (χ0v) is 15.9. The van der Waals surface area contributed by atoms with Gasteiger partial charge in [-0.15, -0.1) is 0 Å². The van der Waals surface area contributed by atoms with Crippen molar-refractivity contribution in [1.82, 2.24) is 19.6 Å². The lowest BCUT2D eigenvalue weighted by molar-refractivity contribution is 0.0698. The van der Waals surface area contributed by atoms with Crippen LogP contribution in [-0.4, -0.2) is 30.7 Å². The first-order valence-electron chi connectivity index (χ1n) is 9.06. The number of H-pyrrole nitrogens is 1. The number of aromatic nitrogens is 4. The van der Waals surface area contributed by atoms with E-state index in [1.165, 1.54) is 10.5 Å². The van der Waals surface area contributed by atoms with Gasteiger partial charge in [-0.05, 0) is 37.6 Å². The van der Waals surface area contributed by atoms with Gasteiger partial charge in [-0.3, -0.25) is 14.3 Å². The molecular weight excluding hydrogens is 370 g/mol. The number of nitrogens with zero attached hydrogens (tertiary/aromatic N) is 3. The number of hydrogen-bond acceptors (Lipinski definition) is 5. The van der Waals surface area contributed by atoms with Crippen molar-refractivity contribution < 1.29 is 9.90 Å². The lowest BCUT2D eigenvalue weighted by Gasteiger charge is -2.19. The maximum atomic E-state index is 12.7. The number of benzene rings is 1. The Morgan fingerprint density at radius 2 is 2.07 bits per heavy atom. The molecular formula is C21H19N5O3. The second kappa shape index (κ2) is 7.23. The van der Waals surface area contributed by atoms with Gasteiger partial charge in [-0.1, -0.05) is 12.1 Å². The van der Waals surface area contributed by atoms with Gasteiger partial charge in [0.25, 0.3) is 5.56 Å². The lowest BCUT2D eigenvalue weighted by Crippen LogP contribution is -2.19. The summed E-state index contributed by atoms with van der Waals surface area (Å²) in [6, 6.07) is 9.84. The first-order chi connectivity index (χ1) is 13.9. The van der Waals surface area contributed by atoms with Gasteiger partial charge in [0.15, 0.2) is 0 Å². The average Bonchev–Trinajstić information content (AvgIpc) is 3.23. The summed E-state index contributed by atoms with van der Waals surface area (Å²) in [6.07, 6.45) is 5.03. The molecule has 0 amide bonds. The normalized spacial score (nSPS) is 12.1. The van der Waals surface area contributed by atoms with Gasteiger partial charge in [0.2, 0.25) is 0 Å². The van der Waals surface area contributed by atoms with E-state index in [0.717, 1.165) is 11.1 Å². The largest absolute Gasteiger partial charge is 0.478 e. The Morgan fingerprint density at radius 3 is 2.79 bits per heavy atom. The predicted octanol–water partition coefficient (Wildman–Crippen LogP) is 3.26. The summed E-state index contributed by atoms with van der Waals surface area (Å²) in [6.45, 7) is 3.81. The number of nitrogens with one attached hydrogen (secondary N) is 2. The molecule has 0 bridgehead atoms. The van der Waals surface area contributed by atoms with Crippen molar-refractivity contribution >= 4 is 17.3 Å². The van der Waals surface area contributed by atoms with Crippen LogP contribution >= 0.6 is 0 Å². The van der Waals surface area contributed by atoms with Crippen molar-refractivity contribution in [2.24, 2.45) is 0 Å². The average molecular weight is 389 g/mol. The Balaban J connectivity index is 1.84. The third-order valence-electron chi connectivity index (χ3n) is 4.72. The summed E-state index contributed by atoms with van der Waals surface area (Å²) < 4.78 is 1.51. The Hall–Kier alpha value is -3.94. The van der Waals surface area contributed by atoms with Gasteiger partial charge in [0, 0.05) is 35.3 Å². The molecule has 3 N–H and O–H groups in total. The van der Waals surface area contributed by atoms with E-state index in [2.05, 4.69) is 20.5 Å². The molecule has 0 saturated carbocycles. The van der Waals surface area contributed by atoms with Crippen LogP contribution in [0.1, 0.15) is 34.5 Å². The number of aryl methyl sites for hydroxylation is 1. The number of rotatable bonds is 5. The number of aromatic carboxylic acids is 1. The fourth-order valence-electron chi connectivity index (χ4n) is 3.33. The molecule has 0 fully saturated rings. The summed E-state index contributed by atoms with van der Waals surface area (Å²) in [5, 5.41) is 19.3. The first kappa shape index (κ1) is 18.4. The van der Waals surface area contributed by atoms with E-state index in [-0.39, 0.29) is 17.2 Å². The number of carboxylic acids is 1. The molecule has 1 aromatic carbocycles. The van der Waals surface area contributed by atoms with Gasteiger partial charge < -0.3 is 10.4 Å². The number of para-hydroxylation sites is 1. The Morgan fingerprint density at radius 1 is 1.28 bits per heavy atom.